The summed E-state index contributed by atoms with van der Waals surface area (Å²) in [5.74, 6) is 0.0730. The van der Waals surface area contributed by atoms with Gasteiger partial charge in [0.2, 0.25) is 0 Å². The van der Waals surface area contributed by atoms with Gasteiger partial charge in [-0.2, -0.15) is 13.2 Å². The van der Waals surface area contributed by atoms with Gasteiger partial charge in [0.05, 0.1) is 12.2 Å². The van der Waals surface area contributed by atoms with Crippen LogP contribution in [0, 0.1) is 0 Å². The summed E-state index contributed by atoms with van der Waals surface area (Å²) < 4.78 is 48.4. The molecule has 130 valence electrons. The van der Waals surface area contributed by atoms with Crippen LogP contribution >= 0.6 is 0 Å². The van der Waals surface area contributed by atoms with E-state index in [9.17, 15) is 18.0 Å². The molecule has 0 saturated heterocycles. The molecule has 0 aliphatic rings. The molecular formula is C15H21F3N2O3. The van der Waals surface area contributed by atoms with E-state index in [-0.39, 0.29) is 24.6 Å². The molecule has 1 rings (SSSR count). The van der Waals surface area contributed by atoms with E-state index in [0.29, 0.717) is 6.42 Å². The Labute approximate surface area is 132 Å². The second-order valence-electron chi connectivity index (χ2n) is 5.88. The van der Waals surface area contributed by atoms with Crippen LogP contribution in [0.15, 0.2) is 18.2 Å². The van der Waals surface area contributed by atoms with Crippen molar-refractivity contribution in [2.45, 2.75) is 39.0 Å². The summed E-state index contributed by atoms with van der Waals surface area (Å²) in [6.45, 7) is 5.67. The number of carbonyl (C=O) groups is 1. The molecule has 0 bridgehead atoms. The Kier molecular flexibility index (Phi) is 6.12. The lowest BCUT2D eigenvalue weighted by molar-refractivity contribution is -0.137. The van der Waals surface area contributed by atoms with Gasteiger partial charge in [0.1, 0.15) is 11.4 Å². The third-order valence-electron chi connectivity index (χ3n) is 2.59. The molecule has 0 aliphatic carbocycles. The number of rotatable bonds is 5. The van der Waals surface area contributed by atoms with Crippen LogP contribution in [0.3, 0.4) is 0 Å². The van der Waals surface area contributed by atoms with Crippen molar-refractivity contribution in [3.05, 3.63) is 23.8 Å². The topological polar surface area (TPSA) is 73.6 Å². The average molecular weight is 334 g/mol. The highest BCUT2D eigenvalue weighted by Crippen LogP contribution is 2.35. The van der Waals surface area contributed by atoms with Crippen LogP contribution < -0.4 is 15.8 Å². The number of carbonyl (C=O) groups excluding carboxylic acids is 1. The molecule has 0 aliphatic heterocycles. The Morgan fingerprint density at radius 1 is 1.26 bits per heavy atom. The highest BCUT2D eigenvalue weighted by Gasteiger charge is 2.33. The Morgan fingerprint density at radius 2 is 1.91 bits per heavy atom. The first-order valence-electron chi connectivity index (χ1n) is 7.05. The number of nitrogen functional groups attached to an aromatic ring is 1. The van der Waals surface area contributed by atoms with E-state index in [1.165, 1.54) is 6.07 Å². The fraction of sp³-hybridized carbons (Fsp3) is 0.533. The molecule has 0 fully saturated rings. The second-order valence-corrected chi connectivity index (χ2v) is 5.88. The highest BCUT2D eigenvalue weighted by atomic mass is 19.4. The summed E-state index contributed by atoms with van der Waals surface area (Å²) >= 11 is 0. The predicted octanol–water partition coefficient (Wildman–Crippen LogP) is 3.58. The van der Waals surface area contributed by atoms with Crippen LogP contribution in [-0.2, 0) is 10.9 Å². The number of benzene rings is 1. The molecule has 1 aromatic rings. The fourth-order valence-electron chi connectivity index (χ4n) is 1.64. The number of hydrogen-bond acceptors (Lipinski definition) is 4. The minimum Gasteiger partial charge on any atom is -0.494 e. The second kappa shape index (κ2) is 7.43. The first kappa shape index (κ1) is 18.9. The minimum atomic E-state index is -4.53. The van der Waals surface area contributed by atoms with E-state index in [4.69, 9.17) is 15.2 Å². The Morgan fingerprint density at radius 3 is 2.48 bits per heavy atom. The molecule has 3 N–H and O–H groups in total. The normalized spacial score (nSPS) is 11.9. The third-order valence-corrected chi connectivity index (χ3v) is 2.59. The van der Waals surface area contributed by atoms with Gasteiger partial charge < -0.3 is 20.5 Å². The summed E-state index contributed by atoms with van der Waals surface area (Å²) in [6.07, 6.45) is -4.66. The van der Waals surface area contributed by atoms with E-state index in [1.807, 2.05) is 0 Å². The van der Waals surface area contributed by atoms with E-state index >= 15 is 0 Å². The SMILES string of the molecule is CC(C)(C)OC(=O)NCCCOc1ccc(N)c(C(F)(F)F)c1. The van der Waals surface area contributed by atoms with Gasteiger partial charge in [-0.15, -0.1) is 0 Å². The van der Waals surface area contributed by atoms with Gasteiger partial charge in [0.25, 0.3) is 0 Å². The van der Waals surface area contributed by atoms with Gasteiger partial charge in [-0.3, -0.25) is 0 Å². The first-order chi connectivity index (χ1) is 10.5. The number of anilines is 1. The van der Waals surface area contributed by atoms with Gasteiger partial charge >= 0.3 is 12.3 Å². The lowest BCUT2D eigenvalue weighted by Gasteiger charge is -2.19. The largest absolute Gasteiger partial charge is 0.494 e. The van der Waals surface area contributed by atoms with E-state index < -0.39 is 23.4 Å². The lowest BCUT2D eigenvalue weighted by Crippen LogP contribution is -2.33. The monoisotopic (exact) mass is 334 g/mol. The molecule has 8 heteroatoms. The van der Waals surface area contributed by atoms with Gasteiger partial charge in [-0.25, -0.2) is 4.79 Å². The zero-order valence-electron chi connectivity index (χ0n) is 13.3. The summed E-state index contributed by atoms with van der Waals surface area (Å²) in [5, 5.41) is 2.53. The maximum atomic E-state index is 12.7. The molecule has 0 saturated carbocycles. The Hall–Kier alpha value is -2.12. The van der Waals surface area contributed by atoms with E-state index in [1.54, 1.807) is 20.8 Å². The summed E-state index contributed by atoms with van der Waals surface area (Å²) in [6, 6.07) is 3.37. The maximum Gasteiger partial charge on any atom is 0.418 e. The number of alkyl halides is 3. The fourth-order valence-corrected chi connectivity index (χ4v) is 1.64. The van der Waals surface area contributed by atoms with Crippen molar-refractivity contribution in [1.29, 1.82) is 0 Å². The molecule has 0 heterocycles. The Bertz CT molecular complexity index is 540. The van der Waals surface area contributed by atoms with Crippen LogP contribution in [-0.4, -0.2) is 24.8 Å². The summed E-state index contributed by atoms with van der Waals surface area (Å²) in [4.78, 5) is 11.4. The van der Waals surface area contributed by atoms with Crippen LogP contribution in [0.1, 0.15) is 32.8 Å². The average Bonchev–Trinajstić information content (AvgIpc) is 2.36. The van der Waals surface area contributed by atoms with Crippen molar-refractivity contribution in [3.8, 4) is 5.75 Å². The van der Waals surface area contributed by atoms with Gasteiger partial charge in [-0.1, -0.05) is 0 Å². The van der Waals surface area contributed by atoms with Gasteiger partial charge in [0.15, 0.2) is 0 Å². The summed E-state index contributed by atoms with van der Waals surface area (Å²) in [5.41, 5.74) is 3.43. The number of ether oxygens (including phenoxy) is 2. The minimum absolute atomic E-state index is 0.0730. The first-order valence-corrected chi connectivity index (χ1v) is 7.05. The number of amides is 1. The predicted molar refractivity (Wildman–Crippen MR) is 80.2 cm³/mol. The number of hydrogen-bond donors (Lipinski definition) is 2. The standard InChI is InChI=1S/C15H21F3N2O3/c1-14(2,3)23-13(21)20-7-4-8-22-10-5-6-12(19)11(9-10)15(16,17)18/h5-6,9H,4,7-8,19H2,1-3H3,(H,20,21). The van der Waals surface area contributed by atoms with Crippen molar-refractivity contribution in [2.24, 2.45) is 0 Å². The lowest BCUT2D eigenvalue weighted by atomic mass is 10.1. The zero-order valence-corrected chi connectivity index (χ0v) is 13.3. The van der Waals surface area contributed by atoms with Crippen LogP contribution in [0.2, 0.25) is 0 Å². The van der Waals surface area contributed by atoms with Crippen LogP contribution in [0.25, 0.3) is 0 Å². The van der Waals surface area contributed by atoms with Crippen molar-refractivity contribution >= 4 is 11.8 Å². The maximum absolute atomic E-state index is 12.7. The van der Waals surface area contributed by atoms with Gasteiger partial charge in [-0.05, 0) is 45.4 Å². The van der Waals surface area contributed by atoms with E-state index in [0.717, 1.165) is 12.1 Å². The smallest absolute Gasteiger partial charge is 0.418 e. The van der Waals surface area contributed by atoms with Crippen LogP contribution in [0.4, 0.5) is 23.7 Å². The molecule has 0 spiro atoms. The van der Waals surface area contributed by atoms with Crippen molar-refractivity contribution in [1.82, 2.24) is 5.32 Å². The quantitative estimate of drug-likeness (QED) is 0.637. The Balaban J connectivity index is 2.38. The molecule has 1 amide bonds. The molecule has 0 atom stereocenters. The molecule has 1 aromatic carbocycles. The van der Waals surface area contributed by atoms with Crippen molar-refractivity contribution in [2.75, 3.05) is 18.9 Å². The number of nitrogens with two attached hydrogens (primary N) is 1. The zero-order chi connectivity index (χ0) is 17.7. The van der Waals surface area contributed by atoms with E-state index in [2.05, 4.69) is 5.32 Å². The number of nitrogens with one attached hydrogen (secondary N) is 1. The van der Waals surface area contributed by atoms with Crippen molar-refractivity contribution in [3.63, 3.8) is 0 Å². The molecule has 5 nitrogen and oxygen atoms in total. The molecule has 0 aromatic heterocycles. The number of halogens is 3. The molecule has 23 heavy (non-hydrogen) atoms. The number of alkyl carbamates (subject to hydrolysis) is 1. The van der Waals surface area contributed by atoms with Crippen molar-refractivity contribution < 1.29 is 27.4 Å². The third kappa shape index (κ3) is 7.12. The molecule has 0 unspecified atom stereocenters. The molecular weight excluding hydrogens is 313 g/mol. The molecule has 0 radical (unpaired) electrons. The van der Waals surface area contributed by atoms with Crippen LogP contribution in [0.5, 0.6) is 5.75 Å². The highest BCUT2D eigenvalue weighted by molar-refractivity contribution is 5.67. The summed E-state index contributed by atoms with van der Waals surface area (Å²) in [7, 11) is 0. The van der Waals surface area contributed by atoms with Gasteiger partial charge in [0, 0.05) is 12.2 Å².